The summed E-state index contributed by atoms with van der Waals surface area (Å²) in [6.45, 7) is 5.77. The summed E-state index contributed by atoms with van der Waals surface area (Å²) in [5.41, 5.74) is 2.51. The van der Waals surface area contributed by atoms with Crippen molar-refractivity contribution in [2.45, 2.75) is 45.8 Å². The van der Waals surface area contributed by atoms with Crippen LogP contribution in [0.5, 0.6) is 0 Å². The van der Waals surface area contributed by atoms with Gasteiger partial charge in [0.05, 0.1) is 17.1 Å². The summed E-state index contributed by atoms with van der Waals surface area (Å²) < 4.78 is 9.14. The zero-order valence-electron chi connectivity index (χ0n) is 16.0. The zero-order valence-corrected chi connectivity index (χ0v) is 16.0. The van der Waals surface area contributed by atoms with Gasteiger partial charge in [-0.05, 0) is 51.0 Å². The molecule has 0 unspecified atom stereocenters. The van der Waals surface area contributed by atoms with Crippen LogP contribution in [-0.2, 0) is 16.1 Å². The number of ether oxygens (including phenoxy) is 1. The van der Waals surface area contributed by atoms with Gasteiger partial charge < -0.3 is 19.0 Å². The number of nitrogens with one attached hydrogen (secondary N) is 1. The maximum atomic E-state index is 12.8. The van der Waals surface area contributed by atoms with Gasteiger partial charge in [0.15, 0.2) is 0 Å². The second kappa shape index (κ2) is 8.86. The van der Waals surface area contributed by atoms with Crippen LogP contribution in [0.1, 0.15) is 33.1 Å². The van der Waals surface area contributed by atoms with Crippen molar-refractivity contribution >= 4 is 22.5 Å². The summed E-state index contributed by atoms with van der Waals surface area (Å²) in [7, 11) is 0. The number of fused-ring (bicyclic) bond motifs is 3. The molecular formula is C21H27N3O3. The lowest BCUT2D eigenvalue weighted by Crippen LogP contribution is -2.27. The van der Waals surface area contributed by atoms with Crippen LogP contribution < -0.4 is 10.9 Å². The first-order chi connectivity index (χ1) is 13.1. The fraction of sp³-hybridized carbons (Fsp3) is 0.429. The van der Waals surface area contributed by atoms with Gasteiger partial charge in [0.25, 0.3) is 5.56 Å². The number of carbonyl (C=O) groups is 1. The SMILES string of the molecule is CC(C)OCCCNC(=O)CCCn1c(=O)c2cccn2c2ccccc21. The minimum atomic E-state index is -0.0232. The van der Waals surface area contributed by atoms with Crippen molar-refractivity contribution in [3.05, 3.63) is 52.9 Å². The van der Waals surface area contributed by atoms with E-state index in [1.807, 2.05) is 60.8 Å². The van der Waals surface area contributed by atoms with E-state index in [0.29, 0.717) is 38.1 Å². The molecular weight excluding hydrogens is 342 g/mol. The van der Waals surface area contributed by atoms with Crippen LogP contribution in [-0.4, -0.2) is 34.1 Å². The Balaban J connectivity index is 1.59. The third-order valence-corrected chi connectivity index (χ3v) is 4.53. The number of rotatable bonds is 9. The molecule has 0 radical (unpaired) electrons. The largest absolute Gasteiger partial charge is 0.379 e. The summed E-state index contributed by atoms with van der Waals surface area (Å²) in [5.74, 6) is 0.0145. The van der Waals surface area contributed by atoms with Crippen LogP contribution in [0.3, 0.4) is 0 Å². The molecule has 0 fully saturated rings. The van der Waals surface area contributed by atoms with E-state index in [-0.39, 0.29) is 17.6 Å². The molecule has 6 nitrogen and oxygen atoms in total. The number of benzene rings is 1. The highest BCUT2D eigenvalue weighted by Gasteiger charge is 2.10. The van der Waals surface area contributed by atoms with E-state index >= 15 is 0 Å². The van der Waals surface area contributed by atoms with Crippen molar-refractivity contribution in [2.24, 2.45) is 0 Å². The summed E-state index contributed by atoms with van der Waals surface area (Å²) in [6, 6.07) is 11.6. The van der Waals surface area contributed by atoms with Crippen LogP contribution in [0.15, 0.2) is 47.4 Å². The summed E-state index contributed by atoms with van der Waals surface area (Å²) in [6.07, 6.45) is 3.94. The summed E-state index contributed by atoms with van der Waals surface area (Å²) in [4.78, 5) is 24.8. The van der Waals surface area contributed by atoms with Crippen molar-refractivity contribution in [1.82, 2.24) is 14.3 Å². The first-order valence-electron chi connectivity index (χ1n) is 9.55. The topological polar surface area (TPSA) is 64.7 Å². The van der Waals surface area contributed by atoms with Gasteiger partial charge in [-0.1, -0.05) is 12.1 Å². The molecule has 0 saturated heterocycles. The van der Waals surface area contributed by atoms with Crippen molar-refractivity contribution < 1.29 is 9.53 Å². The van der Waals surface area contributed by atoms with Gasteiger partial charge in [-0.3, -0.25) is 9.59 Å². The fourth-order valence-corrected chi connectivity index (χ4v) is 3.24. The monoisotopic (exact) mass is 369 g/mol. The molecule has 2 aromatic heterocycles. The summed E-state index contributed by atoms with van der Waals surface area (Å²) in [5, 5.41) is 2.91. The molecule has 0 bridgehead atoms. The van der Waals surface area contributed by atoms with Gasteiger partial charge in [0.1, 0.15) is 5.52 Å². The Labute approximate surface area is 158 Å². The molecule has 144 valence electrons. The Kier molecular flexibility index (Phi) is 6.29. The standard InChI is InChI=1S/C21H27N3O3/c1-16(2)27-15-7-12-22-20(25)11-6-14-24-18-9-4-3-8-17(18)23-13-5-10-19(23)21(24)26/h3-5,8-10,13,16H,6-7,11-12,14-15H2,1-2H3,(H,22,25). The van der Waals surface area contributed by atoms with E-state index in [0.717, 1.165) is 17.5 Å². The van der Waals surface area contributed by atoms with E-state index in [1.165, 1.54) is 0 Å². The lowest BCUT2D eigenvalue weighted by atomic mass is 10.2. The molecule has 6 heteroatoms. The Morgan fingerprint density at radius 3 is 2.59 bits per heavy atom. The number of amides is 1. The van der Waals surface area contributed by atoms with Gasteiger partial charge in [0, 0.05) is 32.3 Å². The molecule has 3 rings (SSSR count). The molecule has 2 heterocycles. The molecule has 1 amide bonds. The molecule has 0 aliphatic heterocycles. The number of hydrogen-bond acceptors (Lipinski definition) is 3. The summed E-state index contributed by atoms with van der Waals surface area (Å²) >= 11 is 0. The molecule has 1 N–H and O–H groups in total. The van der Waals surface area contributed by atoms with Crippen molar-refractivity contribution in [1.29, 1.82) is 0 Å². The van der Waals surface area contributed by atoms with Crippen molar-refractivity contribution in [3.8, 4) is 0 Å². The Morgan fingerprint density at radius 1 is 1.07 bits per heavy atom. The first kappa shape index (κ1) is 19.2. The maximum Gasteiger partial charge on any atom is 0.275 e. The van der Waals surface area contributed by atoms with Gasteiger partial charge in [-0.25, -0.2) is 0 Å². The number of nitrogens with zero attached hydrogens (tertiary/aromatic N) is 2. The highest BCUT2D eigenvalue weighted by molar-refractivity contribution is 5.79. The molecule has 0 saturated carbocycles. The zero-order chi connectivity index (χ0) is 19.2. The molecule has 0 aliphatic rings. The predicted molar refractivity (Wildman–Crippen MR) is 107 cm³/mol. The number of hydrogen-bond donors (Lipinski definition) is 1. The second-order valence-corrected chi connectivity index (χ2v) is 6.94. The van der Waals surface area contributed by atoms with E-state index in [4.69, 9.17) is 4.74 Å². The normalized spacial score (nSPS) is 11.5. The molecule has 0 aliphatic carbocycles. The lowest BCUT2D eigenvalue weighted by Gasteiger charge is -2.12. The van der Waals surface area contributed by atoms with Gasteiger partial charge in [-0.2, -0.15) is 0 Å². The quantitative estimate of drug-likeness (QED) is 0.590. The maximum absolute atomic E-state index is 12.8. The lowest BCUT2D eigenvalue weighted by molar-refractivity contribution is -0.121. The van der Waals surface area contributed by atoms with Gasteiger partial charge in [0.2, 0.25) is 5.91 Å². The molecule has 1 aromatic carbocycles. The van der Waals surface area contributed by atoms with E-state index < -0.39 is 0 Å². The Bertz CT molecular complexity index is 972. The van der Waals surface area contributed by atoms with Crippen LogP contribution in [0.2, 0.25) is 0 Å². The average molecular weight is 369 g/mol. The third kappa shape index (κ3) is 4.57. The minimum absolute atomic E-state index is 0.0145. The molecule has 3 aromatic rings. The average Bonchev–Trinajstić information content (AvgIpc) is 3.14. The fourth-order valence-electron chi connectivity index (χ4n) is 3.24. The predicted octanol–water partition coefficient (Wildman–Crippen LogP) is 2.97. The highest BCUT2D eigenvalue weighted by atomic mass is 16.5. The molecule has 0 atom stereocenters. The first-order valence-corrected chi connectivity index (χ1v) is 9.55. The Morgan fingerprint density at radius 2 is 1.81 bits per heavy atom. The van der Waals surface area contributed by atoms with Crippen molar-refractivity contribution in [2.75, 3.05) is 13.2 Å². The van der Waals surface area contributed by atoms with Crippen LogP contribution in [0, 0.1) is 0 Å². The Hall–Kier alpha value is -2.60. The number of aromatic nitrogens is 2. The third-order valence-electron chi connectivity index (χ3n) is 4.53. The van der Waals surface area contributed by atoms with E-state index in [9.17, 15) is 9.59 Å². The van der Waals surface area contributed by atoms with Crippen LogP contribution in [0.4, 0.5) is 0 Å². The number of carbonyl (C=O) groups excluding carboxylic acids is 1. The molecule has 27 heavy (non-hydrogen) atoms. The second-order valence-electron chi connectivity index (χ2n) is 6.94. The number of aryl methyl sites for hydroxylation is 1. The van der Waals surface area contributed by atoms with E-state index in [1.54, 1.807) is 4.57 Å². The van der Waals surface area contributed by atoms with Crippen LogP contribution in [0.25, 0.3) is 16.6 Å². The van der Waals surface area contributed by atoms with Crippen LogP contribution >= 0.6 is 0 Å². The van der Waals surface area contributed by atoms with E-state index in [2.05, 4.69) is 5.32 Å². The van der Waals surface area contributed by atoms with Crippen molar-refractivity contribution in [3.63, 3.8) is 0 Å². The highest BCUT2D eigenvalue weighted by Crippen LogP contribution is 2.15. The number of para-hydroxylation sites is 2. The van der Waals surface area contributed by atoms with Gasteiger partial charge >= 0.3 is 0 Å². The minimum Gasteiger partial charge on any atom is -0.379 e. The smallest absolute Gasteiger partial charge is 0.275 e. The van der Waals surface area contributed by atoms with Gasteiger partial charge in [-0.15, -0.1) is 0 Å². The molecule has 0 spiro atoms.